The van der Waals surface area contributed by atoms with Crippen molar-refractivity contribution in [1.29, 1.82) is 0 Å². The van der Waals surface area contributed by atoms with E-state index in [1.54, 1.807) is 0 Å². The standard InChI is InChI=1S/C24H20Br2O3/c25-21-14-19(11-12-23(27)28)15-22(26)24(21)29-16-20-8-4-7-18(13-20)10-9-17-5-2-1-3-6-17/h1-10,13-15H,11-12,16H2,(H,27,28). The summed E-state index contributed by atoms with van der Waals surface area (Å²) in [7, 11) is 0. The molecule has 0 aliphatic rings. The number of carboxylic acid groups (broad SMARTS) is 1. The van der Waals surface area contributed by atoms with E-state index in [1.807, 2.05) is 42.5 Å². The Bertz CT molecular complexity index is 991. The summed E-state index contributed by atoms with van der Waals surface area (Å²) in [6.45, 7) is 0.429. The van der Waals surface area contributed by atoms with Gasteiger partial charge in [0, 0.05) is 6.42 Å². The van der Waals surface area contributed by atoms with Crippen molar-refractivity contribution in [2.75, 3.05) is 0 Å². The van der Waals surface area contributed by atoms with Crippen LogP contribution in [0.25, 0.3) is 12.2 Å². The zero-order valence-corrected chi connectivity index (χ0v) is 18.8. The first-order chi connectivity index (χ1) is 14.0. The van der Waals surface area contributed by atoms with Gasteiger partial charge in [-0.15, -0.1) is 0 Å². The molecular weight excluding hydrogens is 496 g/mol. The maximum atomic E-state index is 10.8. The van der Waals surface area contributed by atoms with Gasteiger partial charge in [0.1, 0.15) is 12.4 Å². The average Bonchev–Trinajstić information content (AvgIpc) is 2.71. The Hall–Kier alpha value is -2.37. The second kappa shape index (κ2) is 10.4. The Morgan fingerprint density at radius 3 is 2.21 bits per heavy atom. The van der Waals surface area contributed by atoms with E-state index in [0.29, 0.717) is 18.8 Å². The molecule has 148 valence electrons. The molecule has 0 radical (unpaired) electrons. The molecule has 0 heterocycles. The van der Waals surface area contributed by atoms with Gasteiger partial charge in [0.2, 0.25) is 0 Å². The van der Waals surface area contributed by atoms with E-state index in [1.165, 1.54) is 0 Å². The van der Waals surface area contributed by atoms with E-state index in [-0.39, 0.29) is 6.42 Å². The third-order valence-corrected chi connectivity index (χ3v) is 5.47. The monoisotopic (exact) mass is 514 g/mol. The molecule has 5 heteroatoms. The molecule has 0 fully saturated rings. The van der Waals surface area contributed by atoms with Gasteiger partial charge in [-0.1, -0.05) is 60.7 Å². The fraction of sp³-hybridized carbons (Fsp3) is 0.125. The Kier molecular flexibility index (Phi) is 7.67. The molecule has 29 heavy (non-hydrogen) atoms. The maximum absolute atomic E-state index is 10.8. The maximum Gasteiger partial charge on any atom is 0.303 e. The summed E-state index contributed by atoms with van der Waals surface area (Å²) in [5, 5.41) is 8.85. The smallest absolute Gasteiger partial charge is 0.303 e. The van der Waals surface area contributed by atoms with Crippen LogP contribution in [0.15, 0.2) is 75.7 Å². The van der Waals surface area contributed by atoms with Crippen LogP contribution in [0.2, 0.25) is 0 Å². The third kappa shape index (κ3) is 6.58. The van der Waals surface area contributed by atoms with Crippen LogP contribution in [-0.2, 0) is 17.8 Å². The summed E-state index contributed by atoms with van der Waals surface area (Å²) >= 11 is 7.06. The zero-order valence-electron chi connectivity index (χ0n) is 15.6. The van der Waals surface area contributed by atoms with Gasteiger partial charge in [-0.05, 0) is 78.7 Å². The summed E-state index contributed by atoms with van der Waals surface area (Å²) in [6.07, 6.45) is 4.75. The zero-order chi connectivity index (χ0) is 20.6. The highest BCUT2D eigenvalue weighted by Crippen LogP contribution is 2.35. The molecule has 0 aliphatic heterocycles. The van der Waals surface area contributed by atoms with E-state index in [0.717, 1.165) is 31.2 Å². The van der Waals surface area contributed by atoms with Crippen LogP contribution in [0.5, 0.6) is 5.75 Å². The van der Waals surface area contributed by atoms with Gasteiger partial charge in [-0.25, -0.2) is 0 Å². The van der Waals surface area contributed by atoms with Gasteiger partial charge < -0.3 is 9.84 Å². The van der Waals surface area contributed by atoms with Crippen molar-refractivity contribution >= 4 is 50.0 Å². The molecule has 0 amide bonds. The molecular formula is C24H20Br2O3. The molecule has 0 unspecified atom stereocenters. The highest BCUT2D eigenvalue weighted by atomic mass is 79.9. The van der Waals surface area contributed by atoms with E-state index in [4.69, 9.17) is 9.84 Å². The molecule has 1 N–H and O–H groups in total. The number of aryl methyl sites for hydroxylation is 1. The van der Waals surface area contributed by atoms with E-state index >= 15 is 0 Å². The second-order valence-corrected chi connectivity index (χ2v) is 8.27. The SMILES string of the molecule is O=C(O)CCc1cc(Br)c(OCc2cccc(C=Cc3ccccc3)c2)c(Br)c1. The molecule has 0 atom stereocenters. The summed E-state index contributed by atoms with van der Waals surface area (Å²) in [6, 6.07) is 22.2. The number of ether oxygens (including phenoxy) is 1. The van der Waals surface area contributed by atoms with Crippen molar-refractivity contribution in [3.63, 3.8) is 0 Å². The van der Waals surface area contributed by atoms with Crippen molar-refractivity contribution < 1.29 is 14.6 Å². The van der Waals surface area contributed by atoms with Crippen LogP contribution < -0.4 is 4.74 Å². The van der Waals surface area contributed by atoms with E-state index in [2.05, 4.69) is 68.3 Å². The first-order valence-electron chi connectivity index (χ1n) is 9.16. The molecule has 0 aromatic heterocycles. The van der Waals surface area contributed by atoms with E-state index in [9.17, 15) is 4.79 Å². The van der Waals surface area contributed by atoms with Gasteiger partial charge in [0.25, 0.3) is 0 Å². The predicted octanol–water partition coefficient (Wildman–Crippen LogP) is 6.98. The normalized spacial score (nSPS) is 11.0. The molecule has 3 aromatic rings. The Balaban J connectivity index is 1.67. The largest absolute Gasteiger partial charge is 0.487 e. The molecule has 3 nitrogen and oxygen atoms in total. The Morgan fingerprint density at radius 1 is 0.862 bits per heavy atom. The van der Waals surface area contributed by atoms with Crippen molar-refractivity contribution in [3.8, 4) is 5.75 Å². The number of hydrogen-bond acceptors (Lipinski definition) is 2. The van der Waals surface area contributed by atoms with Gasteiger partial charge in [-0.3, -0.25) is 4.79 Å². The lowest BCUT2D eigenvalue weighted by molar-refractivity contribution is -0.136. The highest BCUT2D eigenvalue weighted by Gasteiger charge is 2.10. The van der Waals surface area contributed by atoms with Crippen LogP contribution in [0.1, 0.15) is 28.7 Å². The molecule has 0 saturated heterocycles. The summed E-state index contributed by atoms with van der Waals surface area (Å²) in [5.41, 5.74) is 4.27. The quantitative estimate of drug-likeness (QED) is 0.329. The van der Waals surface area contributed by atoms with Crippen molar-refractivity contribution in [1.82, 2.24) is 0 Å². The van der Waals surface area contributed by atoms with Crippen molar-refractivity contribution in [2.45, 2.75) is 19.4 Å². The molecule has 0 saturated carbocycles. The minimum absolute atomic E-state index is 0.0996. The lowest BCUT2D eigenvalue weighted by Gasteiger charge is -2.12. The minimum atomic E-state index is -0.807. The number of carbonyl (C=O) groups is 1. The van der Waals surface area contributed by atoms with Crippen LogP contribution in [0.3, 0.4) is 0 Å². The van der Waals surface area contributed by atoms with Crippen LogP contribution in [0, 0.1) is 0 Å². The Morgan fingerprint density at radius 2 is 1.52 bits per heavy atom. The van der Waals surface area contributed by atoms with Gasteiger partial charge in [0.05, 0.1) is 8.95 Å². The van der Waals surface area contributed by atoms with Crippen molar-refractivity contribution in [2.24, 2.45) is 0 Å². The van der Waals surface area contributed by atoms with Gasteiger partial charge in [-0.2, -0.15) is 0 Å². The summed E-state index contributed by atoms with van der Waals surface area (Å²) in [4.78, 5) is 10.8. The fourth-order valence-electron chi connectivity index (χ4n) is 2.84. The first kappa shape index (κ1) is 21.3. The lowest BCUT2D eigenvalue weighted by Crippen LogP contribution is -2.00. The summed E-state index contributed by atoms with van der Waals surface area (Å²) in [5.74, 6) is -0.104. The number of rotatable bonds is 8. The number of halogens is 2. The number of aliphatic carboxylic acids is 1. The number of carboxylic acids is 1. The topological polar surface area (TPSA) is 46.5 Å². The van der Waals surface area contributed by atoms with E-state index < -0.39 is 5.97 Å². The third-order valence-electron chi connectivity index (χ3n) is 4.29. The molecule has 0 aliphatic carbocycles. The van der Waals surface area contributed by atoms with Crippen LogP contribution in [0.4, 0.5) is 0 Å². The lowest BCUT2D eigenvalue weighted by atomic mass is 10.1. The summed E-state index contributed by atoms with van der Waals surface area (Å²) < 4.78 is 7.61. The fourth-order valence-corrected chi connectivity index (χ4v) is 4.35. The highest BCUT2D eigenvalue weighted by molar-refractivity contribution is 9.11. The minimum Gasteiger partial charge on any atom is -0.487 e. The second-order valence-electron chi connectivity index (χ2n) is 6.56. The van der Waals surface area contributed by atoms with Crippen LogP contribution in [-0.4, -0.2) is 11.1 Å². The van der Waals surface area contributed by atoms with Gasteiger partial charge in [0.15, 0.2) is 0 Å². The number of hydrogen-bond donors (Lipinski definition) is 1. The van der Waals surface area contributed by atoms with Gasteiger partial charge >= 0.3 is 5.97 Å². The Labute approximate surface area is 187 Å². The average molecular weight is 516 g/mol. The first-order valence-corrected chi connectivity index (χ1v) is 10.7. The van der Waals surface area contributed by atoms with Crippen LogP contribution >= 0.6 is 31.9 Å². The molecule has 0 bridgehead atoms. The molecule has 0 spiro atoms. The predicted molar refractivity (Wildman–Crippen MR) is 124 cm³/mol. The molecule has 3 rings (SSSR count). The number of benzene rings is 3. The molecule has 3 aromatic carbocycles. The van der Waals surface area contributed by atoms with Crippen molar-refractivity contribution in [3.05, 3.63) is 97.9 Å².